The van der Waals surface area contributed by atoms with Crippen LogP contribution < -0.4 is 5.84 Å². The minimum Gasteiger partial charge on any atom is -0.464 e. The number of pyridine rings is 1. The van der Waals surface area contributed by atoms with E-state index in [1.807, 2.05) is 22.6 Å². The van der Waals surface area contributed by atoms with Crippen LogP contribution in [0.2, 0.25) is 0 Å². The number of amides is 1. The summed E-state index contributed by atoms with van der Waals surface area (Å²) in [6.07, 6.45) is 0.0497. The molecule has 1 atom stereocenters. The van der Waals surface area contributed by atoms with E-state index >= 15 is 0 Å². The average Bonchev–Trinajstić information content (AvgIpc) is 2.20. The van der Waals surface area contributed by atoms with Crippen LogP contribution in [0.1, 0.15) is 25.5 Å². The number of hydrazine groups is 1. The molecule has 0 saturated carbocycles. The SMILES string of the molecule is C[C](C)C(c1cnc(F)cc1I)N(N)C(=O)O. The number of hydrogen-bond acceptors (Lipinski definition) is 3. The van der Waals surface area contributed by atoms with Gasteiger partial charge in [0, 0.05) is 21.4 Å². The summed E-state index contributed by atoms with van der Waals surface area (Å²) >= 11 is 1.92. The van der Waals surface area contributed by atoms with Crippen LogP contribution >= 0.6 is 22.6 Å². The lowest BCUT2D eigenvalue weighted by Crippen LogP contribution is -2.41. The minimum absolute atomic E-state index is 0.567. The second-order valence-electron chi connectivity index (χ2n) is 3.70. The Morgan fingerprint density at radius 1 is 1.65 bits per heavy atom. The number of carbonyl (C=O) groups is 1. The summed E-state index contributed by atoms with van der Waals surface area (Å²) in [5.74, 6) is 5.66. The molecule has 0 fully saturated rings. The molecule has 1 aromatic rings. The van der Waals surface area contributed by atoms with Gasteiger partial charge in [-0.25, -0.2) is 20.6 Å². The molecule has 1 unspecified atom stereocenters. The molecule has 5 nitrogen and oxygen atoms in total. The molecule has 0 bridgehead atoms. The van der Waals surface area contributed by atoms with E-state index in [0.29, 0.717) is 14.1 Å². The molecule has 3 N–H and O–H groups in total. The van der Waals surface area contributed by atoms with E-state index in [4.69, 9.17) is 10.9 Å². The first-order chi connectivity index (χ1) is 7.84. The third-order valence-electron chi connectivity index (χ3n) is 2.19. The molecule has 1 amide bonds. The summed E-state index contributed by atoms with van der Waals surface area (Å²) in [5, 5.41) is 9.59. The summed E-state index contributed by atoms with van der Waals surface area (Å²) in [4.78, 5) is 14.4. The molecule has 1 rings (SSSR count). The van der Waals surface area contributed by atoms with Crippen molar-refractivity contribution in [3.8, 4) is 0 Å². The summed E-state index contributed by atoms with van der Waals surface area (Å²) in [6, 6.07) is 0.606. The van der Waals surface area contributed by atoms with Crippen LogP contribution in [0.15, 0.2) is 12.3 Å². The maximum atomic E-state index is 12.9. The average molecular weight is 352 g/mol. The lowest BCUT2D eigenvalue weighted by molar-refractivity contribution is 0.127. The molecule has 0 spiro atoms. The summed E-state index contributed by atoms with van der Waals surface area (Å²) in [7, 11) is 0. The van der Waals surface area contributed by atoms with Crippen LogP contribution in [-0.2, 0) is 0 Å². The van der Waals surface area contributed by atoms with E-state index in [-0.39, 0.29) is 0 Å². The molecule has 0 aromatic carbocycles. The fraction of sp³-hybridized carbons (Fsp3) is 0.300. The van der Waals surface area contributed by atoms with Crippen LogP contribution in [0.5, 0.6) is 0 Å². The molecule has 0 aliphatic carbocycles. The second-order valence-corrected chi connectivity index (χ2v) is 4.86. The van der Waals surface area contributed by atoms with Gasteiger partial charge in [0.25, 0.3) is 0 Å². The smallest absolute Gasteiger partial charge is 0.422 e. The van der Waals surface area contributed by atoms with Crippen molar-refractivity contribution in [2.45, 2.75) is 19.9 Å². The number of carboxylic acid groups (broad SMARTS) is 1. The van der Waals surface area contributed by atoms with E-state index in [1.54, 1.807) is 13.8 Å². The third-order valence-corrected chi connectivity index (χ3v) is 3.12. The Labute approximate surface area is 112 Å². The van der Waals surface area contributed by atoms with Gasteiger partial charge in [-0.2, -0.15) is 4.39 Å². The minimum atomic E-state index is -1.25. The highest BCUT2D eigenvalue weighted by Crippen LogP contribution is 2.30. The van der Waals surface area contributed by atoms with Crippen molar-refractivity contribution in [2.75, 3.05) is 0 Å². The zero-order valence-electron chi connectivity index (χ0n) is 9.32. The summed E-state index contributed by atoms with van der Waals surface area (Å²) < 4.78 is 13.5. The highest BCUT2D eigenvalue weighted by atomic mass is 127. The fourth-order valence-corrected chi connectivity index (χ4v) is 2.16. The largest absolute Gasteiger partial charge is 0.464 e. The Kier molecular flexibility index (Phi) is 4.63. The normalized spacial score (nSPS) is 12.6. The predicted molar refractivity (Wildman–Crippen MR) is 68.3 cm³/mol. The van der Waals surface area contributed by atoms with Gasteiger partial charge in [-0.3, -0.25) is 0 Å². The van der Waals surface area contributed by atoms with Gasteiger partial charge in [0.2, 0.25) is 5.95 Å². The summed E-state index contributed by atoms with van der Waals surface area (Å²) in [5.41, 5.74) is 0.567. The van der Waals surface area contributed by atoms with E-state index in [9.17, 15) is 9.18 Å². The lowest BCUT2D eigenvalue weighted by atomic mass is 9.97. The number of nitrogens with zero attached hydrogens (tertiary/aromatic N) is 2. The number of halogens is 2. The predicted octanol–water partition coefficient (Wildman–Crippen LogP) is 2.33. The molecule has 1 heterocycles. The molecule has 93 valence electrons. The van der Waals surface area contributed by atoms with Gasteiger partial charge in [-0.1, -0.05) is 13.8 Å². The van der Waals surface area contributed by atoms with E-state index in [2.05, 4.69) is 4.98 Å². The van der Waals surface area contributed by atoms with Gasteiger partial charge < -0.3 is 5.11 Å². The van der Waals surface area contributed by atoms with E-state index in [0.717, 1.165) is 5.92 Å². The van der Waals surface area contributed by atoms with Crippen LogP contribution in [0.4, 0.5) is 9.18 Å². The van der Waals surface area contributed by atoms with Crippen LogP contribution in [0.3, 0.4) is 0 Å². The van der Waals surface area contributed by atoms with Crippen molar-refractivity contribution in [1.29, 1.82) is 0 Å². The van der Waals surface area contributed by atoms with Crippen molar-refractivity contribution in [3.63, 3.8) is 0 Å². The first-order valence-corrected chi connectivity index (χ1v) is 5.80. The molecular weight excluding hydrogens is 340 g/mol. The second kappa shape index (κ2) is 5.58. The molecule has 0 aliphatic heterocycles. The van der Waals surface area contributed by atoms with Crippen LogP contribution in [0.25, 0.3) is 0 Å². The zero-order chi connectivity index (χ0) is 13.2. The van der Waals surface area contributed by atoms with Gasteiger partial charge in [0.15, 0.2) is 0 Å². The van der Waals surface area contributed by atoms with Crippen molar-refractivity contribution in [2.24, 2.45) is 5.84 Å². The monoisotopic (exact) mass is 352 g/mol. The Balaban J connectivity index is 3.19. The number of nitrogens with two attached hydrogens (primary N) is 1. The number of aromatic nitrogens is 1. The molecule has 7 heteroatoms. The standard InChI is InChI=1S/C10H12FIN3O2/c1-5(2)9(15(13)10(16)17)6-4-14-8(11)3-7(6)12/h3-4,9H,13H2,1-2H3,(H,16,17). The Bertz CT molecular complexity index is 428. The van der Waals surface area contributed by atoms with Crippen molar-refractivity contribution in [3.05, 3.63) is 33.3 Å². The van der Waals surface area contributed by atoms with Gasteiger partial charge in [0.1, 0.15) is 0 Å². The Hall–Kier alpha value is -0.960. The maximum absolute atomic E-state index is 12.9. The topological polar surface area (TPSA) is 79.5 Å². The molecular formula is C10H12FIN3O2. The van der Waals surface area contributed by atoms with Crippen molar-refractivity contribution >= 4 is 28.7 Å². The molecule has 1 radical (unpaired) electrons. The van der Waals surface area contributed by atoms with Crippen LogP contribution in [0, 0.1) is 15.4 Å². The molecule has 17 heavy (non-hydrogen) atoms. The quantitative estimate of drug-likeness (QED) is 0.288. The lowest BCUT2D eigenvalue weighted by Gasteiger charge is -2.28. The highest BCUT2D eigenvalue weighted by molar-refractivity contribution is 14.1. The zero-order valence-corrected chi connectivity index (χ0v) is 11.5. The number of rotatable bonds is 3. The maximum Gasteiger partial charge on any atom is 0.422 e. The molecule has 0 aliphatic rings. The Morgan fingerprint density at radius 3 is 2.65 bits per heavy atom. The fourth-order valence-electron chi connectivity index (χ4n) is 1.47. The van der Waals surface area contributed by atoms with Gasteiger partial charge in [-0.05, 0) is 28.5 Å². The molecule has 0 saturated heterocycles. The van der Waals surface area contributed by atoms with Gasteiger partial charge in [-0.15, -0.1) is 0 Å². The highest BCUT2D eigenvalue weighted by Gasteiger charge is 2.27. The van der Waals surface area contributed by atoms with Gasteiger partial charge in [0.05, 0.1) is 6.04 Å². The van der Waals surface area contributed by atoms with Crippen LogP contribution in [-0.4, -0.2) is 21.2 Å². The summed E-state index contributed by atoms with van der Waals surface area (Å²) in [6.45, 7) is 3.51. The van der Waals surface area contributed by atoms with Crippen molar-refractivity contribution < 1.29 is 14.3 Å². The first kappa shape index (κ1) is 14.1. The van der Waals surface area contributed by atoms with Gasteiger partial charge >= 0.3 is 6.09 Å². The van der Waals surface area contributed by atoms with E-state index in [1.165, 1.54) is 12.3 Å². The molecule has 1 aromatic heterocycles. The third kappa shape index (κ3) is 3.25. The number of hydrogen-bond donors (Lipinski definition) is 2. The van der Waals surface area contributed by atoms with Crippen molar-refractivity contribution in [1.82, 2.24) is 9.99 Å². The van der Waals surface area contributed by atoms with E-state index < -0.39 is 18.1 Å². The Morgan fingerprint density at radius 2 is 2.24 bits per heavy atom. The first-order valence-electron chi connectivity index (χ1n) is 4.72.